The first-order valence-corrected chi connectivity index (χ1v) is 7.78. The van der Waals surface area contributed by atoms with Gasteiger partial charge in [-0.15, -0.1) is 5.10 Å². The van der Waals surface area contributed by atoms with Crippen molar-refractivity contribution in [1.82, 2.24) is 14.9 Å². The van der Waals surface area contributed by atoms with Crippen molar-refractivity contribution in [2.75, 3.05) is 20.8 Å². The van der Waals surface area contributed by atoms with Crippen molar-refractivity contribution < 1.29 is 9.47 Å². The van der Waals surface area contributed by atoms with Crippen LogP contribution in [0.2, 0.25) is 0 Å². The summed E-state index contributed by atoms with van der Waals surface area (Å²) in [6.07, 6.45) is 0.861. The average Bonchev–Trinajstić information content (AvgIpc) is 3.00. The Hall–Kier alpha value is -1.66. The van der Waals surface area contributed by atoms with E-state index in [-0.39, 0.29) is 6.04 Å². The normalized spacial score (nSPS) is 12.2. The number of benzene rings is 1. The number of hydrogen-bond acceptors (Lipinski definition) is 6. The molecule has 1 aromatic heterocycles. The summed E-state index contributed by atoms with van der Waals surface area (Å²) in [6, 6.07) is 5.84. The quantitative estimate of drug-likeness (QED) is 0.852. The lowest BCUT2D eigenvalue weighted by Gasteiger charge is -2.20. The van der Waals surface area contributed by atoms with Gasteiger partial charge in [-0.25, -0.2) is 0 Å². The Balaban J connectivity index is 2.51. The van der Waals surface area contributed by atoms with Gasteiger partial charge in [0, 0.05) is 5.56 Å². The molecule has 0 bridgehead atoms. The summed E-state index contributed by atoms with van der Waals surface area (Å²) in [6.45, 7) is 5.01. The van der Waals surface area contributed by atoms with E-state index in [1.165, 1.54) is 11.5 Å². The van der Waals surface area contributed by atoms with Gasteiger partial charge in [-0.1, -0.05) is 18.3 Å². The van der Waals surface area contributed by atoms with E-state index in [9.17, 15) is 0 Å². The SMILES string of the molecule is CCNC(c1cc(OC)ccc1OC)c1snnc1CC. The molecule has 0 aliphatic rings. The molecule has 21 heavy (non-hydrogen) atoms. The van der Waals surface area contributed by atoms with Crippen molar-refractivity contribution >= 4 is 11.5 Å². The molecular formula is C15H21N3O2S. The number of ether oxygens (including phenoxy) is 2. The van der Waals surface area contributed by atoms with Crippen molar-refractivity contribution in [2.24, 2.45) is 0 Å². The van der Waals surface area contributed by atoms with Gasteiger partial charge in [0.1, 0.15) is 11.5 Å². The van der Waals surface area contributed by atoms with Gasteiger partial charge in [-0.05, 0) is 42.7 Å². The molecule has 0 saturated carbocycles. The van der Waals surface area contributed by atoms with Crippen molar-refractivity contribution in [2.45, 2.75) is 26.3 Å². The number of aryl methyl sites for hydroxylation is 1. The molecule has 0 amide bonds. The molecule has 0 saturated heterocycles. The number of methoxy groups -OCH3 is 2. The Morgan fingerprint density at radius 2 is 2.05 bits per heavy atom. The van der Waals surface area contributed by atoms with Crippen LogP contribution in [0.5, 0.6) is 11.5 Å². The van der Waals surface area contributed by atoms with Crippen LogP contribution in [0.3, 0.4) is 0 Å². The second kappa shape index (κ2) is 7.38. The summed E-state index contributed by atoms with van der Waals surface area (Å²) >= 11 is 1.43. The number of rotatable bonds is 7. The van der Waals surface area contributed by atoms with E-state index >= 15 is 0 Å². The first-order chi connectivity index (χ1) is 10.2. The zero-order valence-electron chi connectivity index (χ0n) is 12.8. The molecular weight excluding hydrogens is 286 g/mol. The van der Waals surface area contributed by atoms with Gasteiger partial charge < -0.3 is 14.8 Å². The summed E-state index contributed by atoms with van der Waals surface area (Å²) in [5, 5.41) is 7.71. The lowest BCUT2D eigenvalue weighted by atomic mass is 10.0. The summed E-state index contributed by atoms with van der Waals surface area (Å²) in [4.78, 5) is 1.13. The Morgan fingerprint density at radius 3 is 2.67 bits per heavy atom. The molecule has 1 aromatic carbocycles. The topological polar surface area (TPSA) is 56.3 Å². The second-order valence-corrected chi connectivity index (χ2v) is 5.32. The summed E-state index contributed by atoms with van der Waals surface area (Å²) < 4.78 is 15.0. The van der Waals surface area contributed by atoms with Crippen LogP contribution < -0.4 is 14.8 Å². The van der Waals surface area contributed by atoms with Crippen LogP contribution in [0, 0.1) is 0 Å². The molecule has 0 aliphatic heterocycles. The van der Waals surface area contributed by atoms with E-state index in [4.69, 9.17) is 9.47 Å². The van der Waals surface area contributed by atoms with E-state index in [0.717, 1.165) is 40.6 Å². The predicted molar refractivity (Wildman–Crippen MR) is 84.4 cm³/mol. The number of aromatic nitrogens is 2. The molecule has 0 spiro atoms. The Kier molecular flexibility index (Phi) is 5.52. The Morgan fingerprint density at radius 1 is 1.24 bits per heavy atom. The third-order valence-corrected chi connectivity index (χ3v) is 4.17. The fraction of sp³-hybridized carbons (Fsp3) is 0.467. The monoisotopic (exact) mass is 307 g/mol. The lowest BCUT2D eigenvalue weighted by molar-refractivity contribution is 0.394. The number of nitrogens with one attached hydrogen (secondary N) is 1. The molecule has 1 heterocycles. The van der Waals surface area contributed by atoms with Gasteiger partial charge in [-0.3, -0.25) is 0 Å². The van der Waals surface area contributed by atoms with Crippen molar-refractivity contribution in [1.29, 1.82) is 0 Å². The minimum Gasteiger partial charge on any atom is -0.497 e. The van der Waals surface area contributed by atoms with Crippen LogP contribution >= 0.6 is 11.5 Å². The van der Waals surface area contributed by atoms with E-state index in [1.54, 1.807) is 14.2 Å². The zero-order chi connectivity index (χ0) is 15.2. The maximum absolute atomic E-state index is 5.51. The predicted octanol–water partition coefficient (Wildman–Crippen LogP) is 2.82. The van der Waals surface area contributed by atoms with Crippen LogP contribution in [0.4, 0.5) is 0 Å². The highest BCUT2D eigenvalue weighted by molar-refractivity contribution is 7.05. The van der Waals surface area contributed by atoms with Gasteiger partial charge in [0.05, 0.1) is 30.8 Å². The van der Waals surface area contributed by atoms with Gasteiger partial charge in [0.2, 0.25) is 0 Å². The molecule has 0 fully saturated rings. The molecule has 6 heteroatoms. The minimum absolute atomic E-state index is 0.00926. The second-order valence-electron chi connectivity index (χ2n) is 4.54. The molecule has 0 radical (unpaired) electrons. The minimum atomic E-state index is 0.00926. The molecule has 2 aromatic rings. The lowest BCUT2D eigenvalue weighted by Crippen LogP contribution is -2.22. The fourth-order valence-electron chi connectivity index (χ4n) is 2.29. The standard InChI is InChI=1S/C15H21N3O2S/c1-5-12-15(21-18-17-12)14(16-6-2)11-9-10(19-3)7-8-13(11)20-4/h7-9,14,16H,5-6H2,1-4H3. The molecule has 1 atom stereocenters. The fourth-order valence-corrected chi connectivity index (χ4v) is 3.13. The number of nitrogens with zero attached hydrogens (tertiary/aromatic N) is 2. The summed E-state index contributed by atoms with van der Waals surface area (Å²) in [5.74, 6) is 1.64. The molecule has 2 rings (SSSR count). The van der Waals surface area contributed by atoms with E-state index in [1.807, 2.05) is 18.2 Å². The van der Waals surface area contributed by atoms with Crippen LogP contribution in [0.25, 0.3) is 0 Å². The van der Waals surface area contributed by atoms with Crippen LogP contribution in [0.15, 0.2) is 18.2 Å². The largest absolute Gasteiger partial charge is 0.497 e. The highest BCUT2D eigenvalue weighted by Crippen LogP contribution is 2.35. The first kappa shape index (κ1) is 15.7. The highest BCUT2D eigenvalue weighted by atomic mass is 32.1. The number of hydrogen-bond donors (Lipinski definition) is 1. The van der Waals surface area contributed by atoms with Crippen molar-refractivity contribution in [3.05, 3.63) is 34.3 Å². The third-order valence-electron chi connectivity index (χ3n) is 3.34. The maximum atomic E-state index is 5.51. The smallest absolute Gasteiger partial charge is 0.124 e. The summed E-state index contributed by atoms with van der Waals surface area (Å²) in [7, 11) is 3.35. The molecule has 1 N–H and O–H groups in total. The highest BCUT2D eigenvalue weighted by Gasteiger charge is 2.23. The van der Waals surface area contributed by atoms with Gasteiger partial charge in [-0.2, -0.15) is 0 Å². The van der Waals surface area contributed by atoms with Crippen LogP contribution in [0.1, 0.15) is 36.0 Å². The average molecular weight is 307 g/mol. The van der Waals surface area contributed by atoms with E-state index < -0.39 is 0 Å². The van der Waals surface area contributed by atoms with Crippen molar-refractivity contribution in [3.63, 3.8) is 0 Å². The van der Waals surface area contributed by atoms with Gasteiger partial charge in [0.15, 0.2) is 0 Å². The van der Waals surface area contributed by atoms with Crippen LogP contribution in [-0.2, 0) is 6.42 Å². The molecule has 5 nitrogen and oxygen atoms in total. The van der Waals surface area contributed by atoms with Crippen LogP contribution in [-0.4, -0.2) is 30.4 Å². The van der Waals surface area contributed by atoms with E-state index in [2.05, 4.69) is 28.8 Å². The van der Waals surface area contributed by atoms with Gasteiger partial charge >= 0.3 is 0 Å². The van der Waals surface area contributed by atoms with E-state index in [0.29, 0.717) is 0 Å². The first-order valence-electron chi connectivity index (χ1n) is 7.01. The summed E-state index contributed by atoms with van der Waals surface area (Å²) in [5.41, 5.74) is 2.07. The Labute approximate surface area is 129 Å². The zero-order valence-corrected chi connectivity index (χ0v) is 13.7. The maximum Gasteiger partial charge on any atom is 0.124 e. The Bertz CT molecular complexity index is 586. The van der Waals surface area contributed by atoms with Crippen molar-refractivity contribution in [3.8, 4) is 11.5 Å². The third kappa shape index (κ3) is 3.33. The molecule has 114 valence electrons. The van der Waals surface area contributed by atoms with Gasteiger partial charge in [0.25, 0.3) is 0 Å². The molecule has 1 unspecified atom stereocenters. The molecule has 0 aliphatic carbocycles.